The predicted molar refractivity (Wildman–Crippen MR) is 97.8 cm³/mol. The number of sulfonamides is 1. The molecular weight excluding hydrogens is 380 g/mol. The molecule has 146 valence electrons. The third-order valence-electron chi connectivity index (χ3n) is 3.95. The van der Waals surface area contributed by atoms with E-state index in [4.69, 9.17) is 4.18 Å². The average Bonchev–Trinajstić information content (AvgIpc) is 2.54. The van der Waals surface area contributed by atoms with Crippen molar-refractivity contribution in [2.24, 2.45) is 0 Å². The molecule has 0 spiro atoms. The molecule has 0 saturated heterocycles. The van der Waals surface area contributed by atoms with E-state index in [9.17, 15) is 21.6 Å². The highest BCUT2D eigenvalue weighted by atomic mass is 32.2. The van der Waals surface area contributed by atoms with Crippen molar-refractivity contribution in [3.8, 4) is 0 Å². The monoisotopic (exact) mass is 404 g/mol. The molecular formula is C16H24N2O6S2. The number of anilines is 1. The Morgan fingerprint density at radius 3 is 2.31 bits per heavy atom. The molecule has 8 nitrogen and oxygen atoms in total. The number of hydrogen-bond acceptors (Lipinski definition) is 6. The van der Waals surface area contributed by atoms with E-state index in [0.29, 0.717) is 12.8 Å². The normalized spacial score (nSPS) is 16.4. The Morgan fingerprint density at radius 1 is 1.08 bits per heavy atom. The summed E-state index contributed by atoms with van der Waals surface area (Å²) >= 11 is 0. The maximum atomic E-state index is 12.3. The number of para-hydroxylation sites is 1. The maximum Gasteiger partial charge on any atom is 0.332 e. The molecule has 0 radical (unpaired) electrons. The van der Waals surface area contributed by atoms with Crippen LogP contribution >= 0.6 is 0 Å². The quantitative estimate of drug-likeness (QED) is 0.704. The van der Waals surface area contributed by atoms with Crippen molar-refractivity contribution < 1.29 is 25.8 Å². The SMILES string of the molecule is CC(C)OS(=O)(=O)c1ccccc1NC(=O)NS(=O)(=O)C1CCCCC1. The van der Waals surface area contributed by atoms with Gasteiger partial charge in [0, 0.05) is 0 Å². The van der Waals surface area contributed by atoms with Crippen LogP contribution in [0.5, 0.6) is 0 Å². The average molecular weight is 405 g/mol. The van der Waals surface area contributed by atoms with E-state index in [1.54, 1.807) is 13.8 Å². The molecule has 1 aromatic rings. The standard InChI is InChI=1S/C16H24N2O6S2/c1-12(2)24-26(22,23)15-11-7-6-10-14(15)17-16(19)18-25(20,21)13-8-4-3-5-9-13/h6-7,10-13H,3-5,8-9H2,1-2H3,(H2,17,18,19). The van der Waals surface area contributed by atoms with Crippen LogP contribution in [0.2, 0.25) is 0 Å². The zero-order valence-electron chi connectivity index (χ0n) is 14.8. The first-order valence-electron chi connectivity index (χ1n) is 8.47. The van der Waals surface area contributed by atoms with E-state index < -0.39 is 37.5 Å². The summed E-state index contributed by atoms with van der Waals surface area (Å²) in [7, 11) is -7.90. The minimum atomic E-state index is -4.09. The topological polar surface area (TPSA) is 119 Å². The number of carbonyl (C=O) groups excluding carboxylic acids is 1. The summed E-state index contributed by atoms with van der Waals surface area (Å²) in [6.45, 7) is 3.13. The van der Waals surface area contributed by atoms with Crippen LogP contribution in [-0.2, 0) is 24.3 Å². The molecule has 2 rings (SSSR count). The molecule has 0 unspecified atom stereocenters. The van der Waals surface area contributed by atoms with Crippen molar-refractivity contribution in [3.63, 3.8) is 0 Å². The van der Waals surface area contributed by atoms with Gasteiger partial charge in [0.2, 0.25) is 10.0 Å². The van der Waals surface area contributed by atoms with Crippen molar-refractivity contribution in [1.29, 1.82) is 0 Å². The molecule has 1 aliphatic rings. The van der Waals surface area contributed by atoms with Gasteiger partial charge in [-0.25, -0.2) is 17.9 Å². The number of urea groups is 1. The van der Waals surface area contributed by atoms with E-state index in [1.165, 1.54) is 24.3 Å². The lowest BCUT2D eigenvalue weighted by Gasteiger charge is -2.22. The lowest BCUT2D eigenvalue weighted by atomic mass is 10.0. The number of carbonyl (C=O) groups is 1. The van der Waals surface area contributed by atoms with Gasteiger partial charge in [0.05, 0.1) is 17.0 Å². The fourth-order valence-electron chi connectivity index (χ4n) is 2.83. The molecule has 26 heavy (non-hydrogen) atoms. The van der Waals surface area contributed by atoms with Gasteiger partial charge in [0.1, 0.15) is 4.90 Å². The summed E-state index contributed by atoms with van der Waals surface area (Å²) in [5, 5.41) is 1.69. The van der Waals surface area contributed by atoms with E-state index in [-0.39, 0.29) is 10.6 Å². The summed E-state index contributed by atoms with van der Waals surface area (Å²) < 4.78 is 56.0. The molecule has 10 heteroatoms. The zero-order valence-corrected chi connectivity index (χ0v) is 16.4. The Hall–Kier alpha value is -1.65. The molecule has 0 aliphatic heterocycles. The predicted octanol–water partition coefficient (Wildman–Crippen LogP) is 2.58. The molecule has 0 atom stereocenters. The fourth-order valence-corrected chi connectivity index (χ4v) is 5.50. The number of rotatable bonds is 6. The van der Waals surface area contributed by atoms with Crippen LogP contribution < -0.4 is 10.0 Å². The number of amides is 2. The van der Waals surface area contributed by atoms with Gasteiger partial charge >= 0.3 is 6.03 Å². The highest BCUT2D eigenvalue weighted by molar-refractivity contribution is 7.90. The number of benzene rings is 1. The molecule has 1 fully saturated rings. The van der Waals surface area contributed by atoms with E-state index >= 15 is 0 Å². The second-order valence-corrected chi connectivity index (χ2v) is 9.96. The van der Waals surface area contributed by atoms with Crippen LogP contribution in [0.3, 0.4) is 0 Å². The molecule has 1 saturated carbocycles. The Kier molecular flexibility index (Phi) is 6.64. The molecule has 1 aliphatic carbocycles. The molecule has 2 N–H and O–H groups in total. The maximum absolute atomic E-state index is 12.3. The van der Waals surface area contributed by atoms with Crippen LogP contribution in [0.25, 0.3) is 0 Å². The third-order valence-corrected chi connectivity index (χ3v) is 7.30. The van der Waals surface area contributed by atoms with Gasteiger partial charge in [-0.2, -0.15) is 8.42 Å². The van der Waals surface area contributed by atoms with Crippen LogP contribution in [0.15, 0.2) is 29.2 Å². The zero-order chi connectivity index (χ0) is 19.4. The Bertz CT molecular complexity index is 843. The largest absolute Gasteiger partial charge is 0.332 e. The van der Waals surface area contributed by atoms with Gasteiger partial charge in [-0.05, 0) is 38.8 Å². The Labute approximate surface area is 154 Å². The fraction of sp³-hybridized carbons (Fsp3) is 0.562. The third kappa shape index (κ3) is 5.42. The summed E-state index contributed by atoms with van der Waals surface area (Å²) in [4.78, 5) is 11.9. The van der Waals surface area contributed by atoms with Crippen LogP contribution in [-0.4, -0.2) is 34.2 Å². The second kappa shape index (κ2) is 8.36. The van der Waals surface area contributed by atoms with Crippen LogP contribution in [0, 0.1) is 0 Å². The Morgan fingerprint density at radius 2 is 1.69 bits per heavy atom. The minimum Gasteiger partial charge on any atom is -0.306 e. The summed E-state index contributed by atoms with van der Waals surface area (Å²) in [5.41, 5.74) is -0.0514. The van der Waals surface area contributed by atoms with Gasteiger partial charge in [-0.1, -0.05) is 31.4 Å². The van der Waals surface area contributed by atoms with Crippen molar-refractivity contribution in [3.05, 3.63) is 24.3 Å². The first kappa shape index (κ1) is 20.7. The van der Waals surface area contributed by atoms with Crippen molar-refractivity contribution in [2.75, 3.05) is 5.32 Å². The van der Waals surface area contributed by atoms with Crippen molar-refractivity contribution in [1.82, 2.24) is 4.72 Å². The number of nitrogens with one attached hydrogen (secondary N) is 2. The van der Waals surface area contributed by atoms with Gasteiger partial charge < -0.3 is 5.32 Å². The molecule has 0 aromatic heterocycles. The Balaban J connectivity index is 2.15. The first-order valence-corrected chi connectivity index (χ1v) is 11.4. The lowest BCUT2D eigenvalue weighted by Crippen LogP contribution is -2.41. The van der Waals surface area contributed by atoms with E-state index in [2.05, 4.69) is 5.32 Å². The van der Waals surface area contributed by atoms with Crippen molar-refractivity contribution in [2.45, 2.75) is 62.2 Å². The molecule has 2 amide bonds. The molecule has 1 aromatic carbocycles. The highest BCUT2D eigenvalue weighted by Gasteiger charge is 2.29. The van der Waals surface area contributed by atoms with E-state index in [1.807, 2.05) is 4.72 Å². The van der Waals surface area contributed by atoms with Gasteiger partial charge in [0.15, 0.2) is 0 Å². The minimum absolute atomic E-state index is 0.0514. The number of hydrogen-bond donors (Lipinski definition) is 2. The molecule has 0 heterocycles. The first-order chi connectivity index (χ1) is 12.1. The smallest absolute Gasteiger partial charge is 0.306 e. The second-order valence-electron chi connectivity index (χ2n) is 6.46. The van der Waals surface area contributed by atoms with E-state index in [0.717, 1.165) is 19.3 Å². The highest BCUT2D eigenvalue weighted by Crippen LogP contribution is 2.25. The summed E-state index contributed by atoms with van der Waals surface area (Å²) in [5.74, 6) is 0. The van der Waals surface area contributed by atoms with Crippen LogP contribution in [0.1, 0.15) is 46.0 Å². The van der Waals surface area contributed by atoms with Crippen molar-refractivity contribution >= 4 is 31.9 Å². The van der Waals surface area contributed by atoms with Gasteiger partial charge in [-0.15, -0.1) is 0 Å². The summed E-state index contributed by atoms with van der Waals surface area (Å²) in [6, 6.07) is 4.66. The molecule has 0 bridgehead atoms. The van der Waals surface area contributed by atoms with Gasteiger partial charge in [-0.3, -0.25) is 4.18 Å². The summed E-state index contributed by atoms with van der Waals surface area (Å²) in [6.07, 6.45) is 3.04. The lowest BCUT2D eigenvalue weighted by molar-refractivity contribution is 0.249. The van der Waals surface area contributed by atoms with Crippen LogP contribution in [0.4, 0.5) is 10.5 Å². The van der Waals surface area contributed by atoms with Gasteiger partial charge in [0.25, 0.3) is 10.1 Å².